The predicted molar refractivity (Wildman–Crippen MR) is 87.2 cm³/mol. The maximum absolute atomic E-state index is 12.3. The lowest BCUT2D eigenvalue weighted by Crippen LogP contribution is -2.53. The van der Waals surface area contributed by atoms with E-state index in [4.69, 9.17) is 4.74 Å². The van der Waals surface area contributed by atoms with E-state index in [1.54, 1.807) is 12.1 Å². The van der Waals surface area contributed by atoms with Gasteiger partial charge in [-0.2, -0.15) is 0 Å². The molecule has 1 N–H and O–H groups in total. The zero-order valence-electron chi connectivity index (χ0n) is 12.8. The van der Waals surface area contributed by atoms with Crippen LogP contribution in [0.15, 0.2) is 60.7 Å². The predicted octanol–water partition coefficient (Wildman–Crippen LogP) is 2.39. The number of hydrogen-bond acceptors (Lipinski definition) is 4. The second-order valence-electron chi connectivity index (χ2n) is 5.73. The quantitative estimate of drug-likeness (QED) is 0.680. The van der Waals surface area contributed by atoms with Crippen LogP contribution in [0.2, 0.25) is 0 Å². The Morgan fingerprint density at radius 3 is 2.39 bits per heavy atom. The van der Waals surface area contributed by atoms with Crippen LogP contribution in [-0.4, -0.2) is 30.4 Å². The minimum Gasteiger partial charge on any atom is -0.463 e. The number of esters is 1. The number of carbonyl (C=O) groups excluding carboxylic acids is 2. The van der Waals surface area contributed by atoms with E-state index in [2.05, 4.69) is 5.32 Å². The molecule has 1 heterocycles. The molecule has 23 heavy (non-hydrogen) atoms. The second-order valence-corrected chi connectivity index (χ2v) is 5.73. The zero-order valence-corrected chi connectivity index (χ0v) is 12.8. The summed E-state index contributed by atoms with van der Waals surface area (Å²) in [4.78, 5) is 24.2. The summed E-state index contributed by atoms with van der Waals surface area (Å²) in [6.07, 6.45) is 0.887. The molecular weight excluding hydrogens is 290 g/mol. The Balaban J connectivity index is 1.62. The van der Waals surface area contributed by atoms with Crippen LogP contribution in [0.4, 0.5) is 0 Å². The van der Waals surface area contributed by atoms with Crippen LogP contribution in [0.5, 0.6) is 0 Å². The third-order valence-corrected chi connectivity index (χ3v) is 3.96. The lowest BCUT2D eigenvalue weighted by Gasteiger charge is -2.29. The number of cyclic esters (lactones) is 1. The number of morpholine rings is 1. The first kappa shape index (κ1) is 15.4. The van der Waals surface area contributed by atoms with Crippen molar-refractivity contribution in [3.05, 3.63) is 71.8 Å². The van der Waals surface area contributed by atoms with Gasteiger partial charge in [-0.3, -0.25) is 14.9 Å². The fourth-order valence-corrected chi connectivity index (χ4v) is 2.77. The molecule has 0 unspecified atom stereocenters. The summed E-state index contributed by atoms with van der Waals surface area (Å²) in [5, 5.41) is 3.26. The van der Waals surface area contributed by atoms with Crippen LogP contribution in [-0.2, 0) is 16.0 Å². The van der Waals surface area contributed by atoms with E-state index in [-0.39, 0.29) is 24.2 Å². The molecule has 0 aromatic heterocycles. The lowest BCUT2D eigenvalue weighted by atomic mass is 10.00. The third-order valence-electron chi connectivity index (χ3n) is 3.96. The van der Waals surface area contributed by atoms with Gasteiger partial charge in [-0.05, 0) is 12.0 Å². The van der Waals surface area contributed by atoms with Crippen LogP contribution < -0.4 is 5.32 Å². The summed E-state index contributed by atoms with van der Waals surface area (Å²) in [6.45, 7) is 0.337. The molecule has 3 rings (SSSR count). The van der Waals surface area contributed by atoms with Gasteiger partial charge in [-0.1, -0.05) is 60.7 Å². The van der Waals surface area contributed by atoms with Crippen molar-refractivity contribution in [3.63, 3.8) is 0 Å². The van der Waals surface area contributed by atoms with Crippen molar-refractivity contribution in [2.75, 3.05) is 6.61 Å². The van der Waals surface area contributed by atoms with Gasteiger partial charge in [-0.15, -0.1) is 0 Å². The minimum atomic E-state index is -0.579. The van der Waals surface area contributed by atoms with E-state index < -0.39 is 6.04 Å². The largest absolute Gasteiger partial charge is 0.463 e. The molecule has 1 saturated heterocycles. The number of hydrogen-bond donors (Lipinski definition) is 1. The number of benzene rings is 2. The Bertz CT molecular complexity index is 670. The summed E-state index contributed by atoms with van der Waals surface area (Å²) in [5.74, 6) is -0.404. The summed E-state index contributed by atoms with van der Waals surface area (Å²) in [6, 6.07) is 18.5. The smallest absolute Gasteiger partial charge is 0.323 e. The number of ether oxygens (including phenoxy) is 1. The van der Waals surface area contributed by atoms with E-state index in [0.717, 1.165) is 6.42 Å². The van der Waals surface area contributed by atoms with Crippen molar-refractivity contribution in [1.82, 2.24) is 5.32 Å². The highest BCUT2D eigenvalue weighted by molar-refractivity contribution is 5.98. The van der Waals surface area contributed by atoms with Gasteiger partial charge < -0.3 is 4.74 Å². The molecule has 0 aliphatic carbocycles. The first-order valence-corrected chi connectivity index (χ1v) is 7.77. The van der Waals surface area contributed by atoms with Crippen molar-refractivity contribution in [3.8, 4) is 0 Å². The molecule has 1 aliphatic rings. The molecule has 118 valence electrons. The van der Waals surface area contributed by atoms with Crippen LogP contribution in [0, 0.1) is 0 Å². The van der Waals surface area contributed by atoms with E-state index in [9.17, 15) is 9.59 Å². The molecular formula is C19H19NO3. The second kappa shape index (κ2) is 7.20. The summed E-state index contributed by atoms with van der Waals surface area (Å²) in [5.41, 5.74) is 1.79. The van der Waals surface area contributed by atoms with Gasteiger partial charge in [0.05, 0.1) is 0 Å². The zero-order chi connectivity index (χ0) is 16.1. The lowest BCUT2D eigenvalue weighted by molar-refractivity contribution is -0.151. The maximum Gasteiger partial charge on any atom is 0.323 e. The maximum atomic E-state index is 12.3. The van der Waals surface area contributed by atoms with Crippen LogP contribution in [0.3, 0.4) is 0 Å². The molecule has 2 aromatic carbocycles. The number of carbonyl (C=O) groups is 2. The molecule has 1 fully saturated rings. The molecule has 0 bridgehead atoms. The highest BCUT2D eigenvalue weighted by Crippen LogP contribution is 2.13. The van der Waals surface area contributed by atoms with Gasteiger partial charge >= 0.3 is 5.97 Å². The standard InChI is InChI=1S/C19H19NO3/c21-18(15-9-5-2-6-10-15)12-17-19(22)23-13-16(20-17)11-14-7-3-1-4-8-14/h1-10,16-17,20H,11-13H2/t16-,17+/m0/s1. The topological polar surface area (TPSA) is 55.4 Å². The Hall–Kier alpha value is -2.46. The molecule has 4 nitrogen and oxygen atoms in total. The fraction of sp³-hybridized carbons (Fsp3) is 0.263. The average Bonchev–Trinajstić information content (AvgIpc) is 2.59. The SMILES string of the molecule is O=C(C[C@H]1N[C@@H](Cc2ccccc2)COC1=O)c1ccccc1. The van der Waals surface area contributed by atoms with E-state index >= 15 is 0 Å². The number of ketones is 1. The van der Waals surface area contributed by atoms with Crippen molar-refractivity contribution >= 4 is 11.8 Å². The van der Waals surface area contributed by atoms with Gasteiger partial charge in [0.1, 0.15) is 12.6 Å². The highest BCUT2D eigenvalue weighted by atomic mass is 16.5. The van der Waals surface area contributed by atoms with Crippen molar-refractivity contribution < 1.29 is 14.3 Å². The molecule has 0 amide bonds. The summed E-state index contributed by atoms with van der Waals surface area (Å²) >= 11 is 0. The molecule has 1 aliphatic heterocycles. The van der Waals surface area contributed by atoms with Gasteiger partial charge in [0.2, 0.25) is 0 Å². The summed E-state index contributed by atoms with van der Waals surface area (Å²) in [7, 11) is 0. The molecule has 4 heteroatoms. The molecule has 0 spiro atoms. The molecule has 2 aromatic rings. The van der Waals surface area contributed by atoms with E-state index in [0.29, 0.717) is 12.2 Å². The van der Waals surface area contributed by atoms with Gasteiger partial charge in [0.25, 0.3) is 0 Å². The Morgan fingerprint density at radius 2 is 1.70 bits per heavy atom. The van der Waals surface area contributed by atoms with E-state index in [1.165, 1.54) is 5.56 Å². The van der Waals surface area contributed by atoms with Crippen molar-refractivity contribution in [2.24, 2.45) is 0 Å². The Morgan fingerprint density at radius 1 is 1.04 bits per heavy atom. The first-order valence-electron chi connectivity index (χ1n) is 7.77. The first-order chi connectivity index (χ1) is 11.2. The molecule has 2 atom stereocenters. The van der Waals surface area contributed by atoms with Gasteiger partial charge in [-0.25, -0.2) is 0 Å². The van der Waals surface area contributed by atoms with Gasteiger partial charge in [0.15, 0.2) is 5.78 Å². The van der Waals surface area contributed by atoms with Crippen molar-refractivity contribution in [1.29, 1.82) is 0 Å². The van der Waals surface area contributed by atoms with E-state index in [1.807, 2.05) is 48.5 Å². The summed E-state index contributed by atoms with van der Waals surface area (Å²) < 4.78 is 5.26. The normalized spacial score (nSPS) is 20.8. The van der Waals surface area contributed by atoms with Crippen LogP contribution in [0.25, 0.3) is 0 Å². The minimum absolute atomic E-state index is 0.0312. The average molecular weight is 309 g/mol. The number of nitrogens with one attached hydrogen (secondary N) is 1. The Labute approximate surface area is 135 Å². The highest BCUT2D eigenvalue weighted by Gasteiger charge is 2.31. The number of Topliss-reactive ketones (excluding diaryl/α,β-unsaturated/α-hetero) is 1. The molecule has 0 saturated carbocycles. The Kier molecular flexibility index (Phi) is 4.83. The van der Waals surface area contributed by atoms with Gasteiger partial charge in [0, 0.05) is 18.0 Å². The monoisotopic (exact) mass is 309 g/mol. The van der Waals surface area contributed by atoms with Crippen molar-refractivity contribution in [2.45, 2.75) is 24.9 Å². The van der Waals surface area contributed by atoms with Crippen LogP contribution >= 0.6 is 0 Å². The number of rotatable bonds is 5. The molecule has 0 radical (unpaired) electrons. The fourth-order valence-electron chi connectivity index (χ4n) is 2.77. The third kappa shape index (κ3) is 4.05. The van der Waals surface area contributed by atoms with Crippen LogP contribution in [0.1, 0.15) is 22.3 Å².